The van der Waals surface area contributed by atoms with Crippen LogP contribution in [0.15, 0.2) is 59.6 Å². The quantitative estimate of drug-likeness (QED) is 0.347. The molecule has 0 saturated carbocycles. The van der Waals surface area contributed by atoms with Crippen LogP contribution in [0.25, 0.3) is 0 Å². The molecule has 14 heteroatoms. The van der Waals surface area contributed by atoms with Crippen LogP contribution >= 0.6 is 0 Å². The summed E-state index contributed by atoms with van der Waals surface area (Å²) in [6.07, 6.45) is 0.738. The summed E-state index contributed by atoms with van der Waals surface area (Å²) in [5, 5.41) is 11.6. The number of carbonyl (C=O) groups excluding carboxylic acids is 1. The van der Waals surface area contributed by atoms with Crippen LogP contribution in [0.2, 0.25) is 0 Å². The summed E-state index contributed by atoms with van der Waals surface area (Å²) in [5.41, 5.74) is 0.101. The Kier molecular flexibility index (Phi) is 9.26. The molecule has 1 fully saturated rings. The first-order valence-corrected chi connectivity index (χ1v) is 13.6. The lowest BCUT2D eigenvalue weighted by atomic mass is 10.2. The van der Waals surface area contributed by atoms with Crippen LogP contribution in [-0.2, 0) is 19.5 Å². The van der Waals surface area contributed by atoms with Crippen LogP contribution in [0.4, 0.5) is 5.82 Å². The highest BCUT2D eigenvalue weighted by Gasteiger charge is 2.26. The number of sulfonamides is 1. The molecule has 0 unspecified atom stereocenters. The summed E-state index contributed by atoms with van der Waals surface area (Å²) in [6.45, 7) is 3.28. The number of nitrogens with one attached hydrogen (secondary N) is 1. The van der Waals surface area contributed by atoms with Gasteiger partial charge in [0.05, 0.1) is 35.8 Å². The Morgan fingerprint density at radius 3 is 2.40 bits per heavy atom. The van der Waals surface area contributed by atoms with Crippen molar-refractivity contribution in [1.82, 2.24) is 14.3 Å². The van der Waals surface area contributed by atoms with Crippen molar-refractivity contribution in [2.24, 2.45) is 0 Å². The van der Waals surface area contributed by atoms with Crippen LogP contribution < -0.4 is 14.8 Å². The number of carboxylic acid groups (broad SMARTS) is 1. The van der Waals surface area contributed by atoms with Crippen molar-refractivity contribution >= 4 is 27.7 Å². The Morgan fingerprint density at radius 1 is 1.07 bits per heavy atom. The molecule has 1 aliphatic heterocycles. The number of anilines is 1. The van der Waals surface area contributed by atoms with E-state index in [0.717, 1.165) is 6.20 Å². The first kappa shape index (κ1) is 28.9. The van der Waals surface area contributed by atoms with Crippen molar-refractivity contribution in [3.05, 3.63) is 65.9 Å². The molecule has 3 aromatic rings. The molecular formula is C26H28N4O9S. The highest BCUT2D eigenvalue weighted by molar-refractivity contribution is 7.89. The van der Waals surface area contributed by atoms with E-state index in [2.05, 4.69) is 15.3 Å². The molecule has 0 spiro atoms. The van der Waals surface area contributed by atoms with E-state index in [1.165, 1.54) is 59.9 Å². The predicted octanol–water partition coefficient (Wildman–Crippen LogP) is 2.65. The Morgan fingerprint density at radius 2 is 1.77 bits per heavy atom. The first-order chi connectivity index (χ1) is 19.2. The van der Waals surface area contributed by atoms with Crippen LogP contribution in [0.5, 0.6) is 17.5 Å². The zero-order valence-electron chi connectivity index (χ0n) is 21.8. The van der Waals surface area contributed by atoms with Crippen LogP contribution in [0.1, 0.15) is 27.6 Å². The van der Waals surface area contributed by atoms with Gasteiger partial charge in [0.25, 0.3) is 5.91 Å². The molecule has 40 heavy (non-hydrogen) atoms. The lowest BCUT2D eigenvalue weighted by molar-refractivity contribution is 0.0696. The van der Waals surface area contributed by atoms with E-state index in [0.29, 0.717) is 13.2 Å². The molecule has 0 aliphatic carbocycles. The second kappa shape index (κ2) is 12.8. The maximum atomic E-state index is 13.0. The smallest absolute Gasteiger partial charge is 0.337 e. The molecule has 212 valence electrons. The third kappa shape index (κ3) is 7.30. The topological polar surface area (TPSA) is 166 Å². The van der Waals surface area contributed by atoms with Gasteiger partial charge < -0.3 is 29.4 Å². The average molecular weight is 573 g/mol. The third-order valence-corrected chi connectivity index (χ3v) is 7.58. The molecule has 4 rings (SSSR count). The fourth-order valence-corrected chi connectivity index (χ4v) is 5.13. The van der Waals surface area contributed by atoms with Crippen LogP contribution in [0, 0.1) is 0 Å². The number of morpholine rings is 1. The van der Waals surface area contributed by atoms with Gasteiger partial charge >= 0.3 is 5.97 Å². The number of aromatic nitrogens is 2. The van der Waals surface area contributed by atoms with Crippen molar-refractivity contribution in [3.63, 3.8) is 0 Å². The number of amides is 1. The molecule has 3 heterocycles. The predicted molar refractivity (Wildman–Crippen MR) is 141 cm³/mol. The van der Waals surface area contributed by atoms with Gasteiger partial charge in [0.2, 0.25) is 21.8 Å². The van der Waals surface area contributed by atoms with E-state index in [-0.39, 0.29) is 59.0 Å². The van der Waals surface area contributed by atoms with Gasteiger partial charge in [-0.3, -0.25) is 4.79 Å². The fraction of sp³-hybridized carbons (Fsp3) is 0.308. The number of aromatic carboxylic acids is 1. The number of rotatable bonds is 11. The maximum absolute atomic E-state index is 13.0. The molecule has 1 saturated heterocycles. The van der Waals surface area contributed by atoms with Gasteiger partial charge in [0.15, 0.2) is 0 Å². The molecule has 2 N–H and O–H groups in total. The Balaban J connectivity index is 1.55. The number of benzene rings is 1. The summed E-state index contributed by atoms with van der Waals surface area (Å²) in [5.74, 6) is -1.17. The Hall–Kier alpha value is -4.11. The van der Waals surface area contributed by atoms with E-state index >= 15 is 0 Å². The molecule has 0 bridgehead atoms. The van der Waals surface area contributed by atoms with Gasteiger partial charge in [0.1, 0.15) is 17.7 Å². The monoisotopic (exact) mass is 572 g/mol. The van der Waals surface area contributed by atoms with Crippen LogP contribution in [-0.4, -0.2) is 85.8 Å². The van der Waals surface area contributed by atoms with Gasteiger partial charge in [-0.25, -0.2) is 18.2 Å². The summed E-state index contributed by atoms with van der Waals surface area (Å²) in [7, 11) is -2.15. The zero-order chi connectivity index (χ0) is 28.7. The minimum absolute atomic E-state index is 0.0187. The van der Waals surface area contributed by atoms with E-state index in [1.54, 1.807) is 6.92 Å². The normalized spacial score (nSPS) is 14.8. The van der Waals surface area contributed by atoms with Crippen molar-refractivity contribution in [2.75, 3.05) is 45.3 Å². The summed E-state index contributed by atoms with van der Waals surface area (Å²) in [6, 6.07) is 11.3. The second-order valence-corrected chi connectivity index (χ2v) is 10.6. The number of carboxylic acids is 1. The molecule has 0 radical (unpaired) electrons. The lowest BCUT2D eigenvalue weighted by Crippen LogP contribution is -2.40. The highest BCUT2D eigenvalue weighted by Crippen LogP contribution is 2.27. The van der Waals surface area contributed by atoms with Gasteiger partial charge in [-0.1, -0.05) is 0 Å². The lowest BCUT2D eigenvalue weighted by Gasteiger charge is -2.26. The molecule has 13 nitrogen and oxygen atoms in total. The standard InChI is InChI=1S/C26H28N4O9S/c1-17(16-36-2)38-23-13-19(25(31)28-22-8-3-18(15-27-22)26(32)33)14-24(29-23)39-20-4-6-21(7-5-20)40(34,35)30-9-11-37-12-10-30/h3-8,13-15,17H,9-12,16H2,1-2H3,(H,32,33)(H,27,28,31)/t17-/m1/s1. The SMILES string of the molecule is COC[C@@H](C)Oc1cc(C(=O)Nc2ccc(C(=O)O)cn2)cc(Oc2ccc(S(=O)(=O)N3CCOCC3)cc2)n1. The van der Waals surface area contributed by atoms with E-state index in [1.807, 2.05) is 0 Å². The number of nitrogens with zero attached hydrogens (tertiary/aromatic N) is 3. The first-order valence-electron chi connectivity index (χ1n) is 12.2. The minimum Gasteiger partial charge on any atom is -0.478 e. The van der Waals surface area contributed by atoms with Gasteiger partial charge in [-0.05, 0) is 43.3 Å². The van der Waals surface area contributed by atoms with E-state index in [4.69, 9.17) is 24.1 Å². The Labute approximate surface area is 230 Å². The molecule has 1 amide bonds. The number of methoxy groups -OCH3 is 1. The molecule has 1 aromatic carbocycles. The largest absolute Gasteiger partial charge is 0.478 e. The molecule has 1 atom stereocenters. The van der Waals surface area contributed by atoms with Crippen molar-refractivity contribution in [3.8, 4) is 17.5 Å². The maximum Gasteiger partial charge on any atom is 0.337 e. The number of ether oxygens (including phenoxy) is 4. The highest BCUT2D eigenvalue weighted by atomic mass is 32.2. The summed E-state index contributed by atoms with van der Waals surface area (Å²) in [4.78, 5) is 32.4. The van der Waals surface area contributed by atoms with Crippen molar-refractivity contribution in [2.45, 2.75) is 17.9 Å². The number of pyridine rings is 2. The third-order valence-electron chi connectivity index (χ3n) is 5.67. The van der Waals surface area contributed by atoms with Crippen molar-refractivity contribution < 1.29 is 42.1 Å². The number of carbonyl (C=O) groups is 2. The van der Waals surface area contributed by atoms with Crippen molar-refractivity contribution in [1.29, 1.82) is 0 Å². The van der Waals surface area contributed by atoms with Gasteiger partial charge in [0, 0.05) is 38.5 Å². The fourth-order valence-electron chi connectivity index (χ4n) is 3.72. The molecule has 1 aliphatic rings. The zero-order valence-corrected chi connectivity index (χ0v) is 22.6. The number of hydrogen-bond acceptors (Lipinski definition) is 10. The minimum atomic E-state index is -3.67. The van der Waals surface area contributed by atoms with Crippen LogP contribution in [0.3, 0.4) is 0 Å². The molecule has 2 aromatic heterocycles. The van der Waals surface area contributed by atoms with Gasteiger partial charge in [-0.2, -0.15) is 9.29 Å². The van der Waals surface area contributed by atoms with E-state index in [9.17, 15) is 18.0 Å². The van der Waals surface area contributed by atoms with Gasteiger partial charge in [-0.15, -0.1) is 0 Å². The van der Waals surface area contributed by atoms with E-state index < -0.39 is 28.0 Å². The second-order valence-electron chi connectivity index (χ2n) is 8.70. The Bertz CT molecular complexity index is 1440. The summed E-state index contributed by atoms with van der Waals surface area (Å²) >= 11 is 0. The average Bonchev–Trinajstić information content (AvgIpc) is 2.94. The molecular weight excluding hydrogens is 544 g/mol. The summed E-state index contributed by atoms with van der Waals surface area (Å²) < 4.78 is 49.1. The number of hydrogen-bond donors (Lipinski definition) is 2.